The minimum Gasteiger partial charge on any atom is -0.309 e. The van der Waals surface area contributed by atoms with Gasteiger partial charge in [0.05, 0.1) is 22.1 Å². The summed E-state index contributed by atoms with van der Waals surface area (Å²) in [7, 11) is 0. The number of rotatable bonds is 4. The van der Waals surface area contributed by atoms with Gasteiger partial charge in [-0.1, -0.05) is 128 Å². The molecule has 2 aliphatic carbocycles. The molecule has 6 aromatic carbocycles. The number of benzene rings is 6. The van der Waals surface area contributed by atoms with Crippen molar-refractivity contribution >= 4 is 39.3 Å². The Hall–Kier alpha value is -5.73. The molecule has 0 N–H and O–H groups in total. The van der Waals surface area contributed by atoms with Crippen molar-refractivity contribution in [1.82, 2.24) is 4.57 Å². The van der Waals surface area contributed by atoms with Crippen LogP contribution >= 0.6 is 0 Å². The molecule has 1 spiro atoms. The molecule has 2 nitrogen and oxygen atoms in total. The fourth-order valence-electron chi connectivity index (χ4n) is 7.97. The number of aromatic nitrogens is 1. The van der Waals surface area contributed by atoms with Gasteiger partial charge in [0.15, 0.2) is 0 Å². The molecule has 7 aromatic rings. The van der Waals surface area contributed by atoms with Gasteiger partial charge in [-0.15, -0.1) is 0 Å². The largest absolute Gasteiger partial charge is 0.309 e. The van der Waals surface area contributed by atoms with Crippen molar-refractivity contribution in [3.63, 3.8) is 0 Å². The lowest BCUT2D eigenvalue weighted by Crippen LogP contribution is -2.26. The summed E-state index contributed by atoms with van der Waals surface area (Å²) in [6.07, 6.45) is 2.04. The second-order valence-electron chi connectivity index (χ2n) is 12.1. The van der Waals surface area contributed by atoms with Crippen molar-refractivity contribution in [2.75, 3.05) is 0 Å². The fraction of sp³-hybridized carbons (Fsp3) is 0.0465. The summed E-state index contributed by atoms with van der Waals surface area (Å²) < 4.78 is 2.42. The monoisotopic (exact) mass is 574 g/mol. The maximum absolute atomic E-state index is 4.96. The zero-order chi connectivity index (χ0) is 30.1. The Balaban J connectivity index is 1.33. The Kier molecular flexibility index (Phi) is 5.51. The molecule has 0 radical (unpaired) electrons. The summed E-state index contributed by atoms with van der Waals surface area (Å²) in [6.45, 7) is 6.61. The van der Waals surface area contributed by atoms with Crippen molar-refractivity contribution in [3.8, 4) is 16.8 Å². The number of nitrogens with zero attached hydrogens (tertiary/aromatic N) is 2. The molecule has 0 atom stereocenters. The minimum atomic E-state index is -0.424. The van der Waals surface area contributed by atoms with Crippen molar-refractivity contribution in [1.29, 1.82) is 0 Å². The van der Waals surface area contributed by atoms with E-state index in [-0.39, 0.29) is 0 Å². The molecule has 9 rings (SSSR count). The molecular weight excluding hydrogens is 544 g/mol. The lowest BCUT2D eigenvalue weighted by molar-refractivity contribution is 0.766. The molecule has 0 amide bonds. The summed E-state index contributed by atoms with van der Waals surface area (Å²) in [4.78, 5) is 4.96. The van der Waals surface area contributed by atoms with Crippen LogP contribution in [0.2, 0.25) is 0 Å². The molecule has 2 heteroatoms. The van der Waals surface area contributed by atoms with Gasteiger partial charge >= 0.3 is 0 Å². The molecule has 1 heterocycles. The average Bonchev–Trinajstić information content (AvgIpc) is 3.68. The van der Waals surface area contributed by atoms with E-state index in [2.05, 4.69) is 145 Å². The van der Waals surface area contributed by atoms with Crippen LogP contribution in [0.25, 0.3) is 49.9 Å². The summed E-state index contributed by atoms with van der Waals surface area (Å²) in [5.41, 5.74) is 15.2. The van der Waals surface area contributed by atoms with Crippen molar-refractivity contribution in [3.05, 3.63) is 186 Å². The molecule has 0 bridgehead atoms. The van der Waals surface area contributed by atoms with Crippen LogP contribution in [0.3, 0.4) is 0 Å². The standard InChI is InChI=1S/C43H30N2/c1-28-37(27-44-29(2)30-14-4-3-5-15-30)34-25-24-31(45-41-22-12-8-18-35(41)36-19-9-13-23-42(36)45)26-40(34)43(28)38-20-10-6-16-32(38)33-17-7-11-21-39(33)43/h3-27H,2H2,1H3/b44-27-. The van der Waals surface area contributed by atoms with Crippen molar-refractivity contribution in [2.45, 2.75) is 12.3 Å². The first-order valence-corrected chi connectivity index (χ1v) is 15.5. The van der Waals surface area contributed by atoms with Gasteiger partial charge in [-0.05, 0) is 75.7 Å². The first-order chi connectivity index (χ1) is 22.2. The molecular formula is C43H30N2. The smallest absolute Gasteiger partial charge is 0.0687 e. The van der Waals surface area contributed by atoms with Crippen LogP contribution in [0.15, 0.2) is 163 Å². The number of para-hydroxylation sites is 2. The maximum atomic E-state index is 4.96. The van der Waals surface area contributed by atoms with Crippen molar-refractivity contribution in [2.24, 2.45) is 4.99 Å². The summed E-state index contributed by atoms with van der Waals surface area (Å²) in [5, 5.41) is 2.53. The van der Waals surface area contributed by atoms with E-state index in [0.717, 1.165) is 22.5 Å². The Bertz CT molecular complexity index is 2300. The summed E-state index contributed by atoms with van der Waals surface area (Å²) >= 11 is 0. The normalized spacial score (nSPS) is 14.4. The highest BCUT2D eigenvalue weighted by atomic mass is 15.0. The molecule has 45 heavy (non-hydrogen) atoms. The van der Waals surface area contributed by atoms with Gasteiger partial charge in [0.25, 0.3) is 0 Å². The highest BCUT2D eigenvalue weighted by Gasteiger charge is 2.51. The van der Waals surface area contributed by atoms with Crippen LogP contribution in [-0.4, -0.2) is 10.8 Å². The first kappa shape index (κ1) is 25.7. The second-order valence-corrected chi connectivity index (χ2v) is 12.1. The van der Waals surface area contributed by atoms with Gasteiger partial charge in [-0.25, -0.2) is 0 Å². The minimum absolute atomic E-state index is 0.424. The Morgan fingerprint density at radius 2 is 1.16 bits per heavy atom. The van der Waals surface area contributed by atoms with Crippen LogP contribution in [0.4, 0.5) is 0 Å². The predicted molar refractivity (Wildman–Crippen MR) is 189 cm³/mol. The summed E-state index contributed by atoms with van der Waals surface area (Å²) in [6, 6.07) is 52.5. The number of aliphatic imine (C=N–C) groups is 1. The Morgan fingerprint density at radius 1 is 0.600 bits per heavy atom. The summed E-state index contributed by atoms with van der Waals surface area (Å²) in [5.74, 6) is 0. The zero-order valence-corrected chi connectivity index (χ0v) is 25.0. The van der Waals surface area contributed by atoms with E-state index < -0.39 is 5.41 Å². The number of hydrogen-bond acceptors (Lipinski definition) is 1. The fourth-order valence-corrected chi connectivity index (χ4v) is 7.97. The molecule has 0 fully saturated rings. The van der Waals surface area contributed by atoms with Crippen LogP contribution in [0, 0.1) is 0 Å². The first-order valence-electron chi connectivity index (χ1n) is 15.5. The number of allylic oxidation sites excluding steroid dienone is 2. The van der Waals surface area contributed by atoms with Crippen LogP contribution in [0.1, 0.15) is 34.7 Å². The molecule has 2 aliphatic rings. The van der Waals surface area contributed by atoms with Gasteiger partial charge in [0, 0.05) is 28.2 Å². The quantitative estimate of drug-likeness (QED) is 0.186. The van der Waals surface area contributed by atoms with E-state index >= 15 is 0 Å². The predicted octanol–water partition coefficient (Wildman–Crippen LogP) is 10.6. The van der Waals surface area contributed by atoms with E-state index in [4.69, 9.17) is 4.99 Å². The molecule has 0 saturated heterocycles. The molecule has 212 valence electrons. The molecule has 1 aromatic heterocycles. The third-order valence-electron chi connectivity index (χ3n) is 9.91. The van der Waals surface area contributed by atoms with Gasteiger partial charge in [-0.2, -0.15) is 0 Å². The Morgan fingerprint density at radius 3 is 1.80 bits per heavy atom. The SMILES string of the molecule is C=C(/N=C\C1=C(C)C2(c3cc(-n4c5ccccc5c5ccccc54)ccc31)c1ccccc1-c1ccccc12)c1ccccc1. The molecule has 0 aliphatic heterocycles. The zero-order valence-electron chi connectivity index (χ0n) is 25.0. The maximum Gasteiger partial charge on any atom is 0.0687 e. The van der Waals surface area contributed by atoms with Gasteiger partial charge in [0.2, 0.25) is 0 Å². The van der Waals surface area contributed by atoms with Crippen LogP contribution in [-0.2, 0) is 5.41 Å². The second kappa shape index (κ2) is 9.64. The topological polar surface area (TPSA) is 17.3 Å². The van der Waals surface area contributed by atoms with E-state index in [0.29, 0.717) is 0 Å². The van der Waals surface area contributed by atoms with E-state index in [9.17, 15) is 0 Å². The van der Waals surface area contributed by atoms with Crippen LogP contribution in [0.5, 0.6) is 0 Å². The van der Waals surface area contributed by atoms with Crippen molar-refractivity contribution < 1.29 is 0 Å². The van der Waals surface area contributed by atoms with Gasteiger partial charge < -0.3 is 4.57 Å². The third kappa shape index (κ3) is 3.48. The van der Waals surface area contributed by atoms with E-state index in [1.54, 1.807) is 0 Å². The Labute approximate surface area is 263 Å². The highest BCUT2D eigenvalue weighted by Crippen LogP contribution is 2.61. The third-order valence-corrected chi connectivity index (χ3v) is 9.91. The van der Waals surface area contributed by atoms with E-state index in [1.807, 2.05) is 24.4 Å². The van der Waals surface area contributed by atoms with Crippen LogP contribution < -0.4 is 0 Å². The lowest BCUT2D eigenvalue weighted by atomic mass is 9.70. The molecule has 0 saturated carbocycles. The van der Waals surface area contributed by atoms with Gasteiger partial charge in [0.1, 0.15) is 0 Å². The lowest BCUT2D eigenvalue weighted by Gasteiger charge is -2.31. The van der Waals surface area contributed by atoms with E-state index in [1.165, 1.54) is 60.8 Å². The number of fused-ring (bicyclic) bond motifs is 10. The number of hydrogen-bond donors (Lipinski definition) is 0. The average molecular weight is 575 g/mol. The highest BCUT2D eigenvalue weighted by molar-refractivity contribution is 6.17. The molecule has 0 unspecified atom stereocenters. The van der Waals surface area contributed by atoms with Gasteiger partial charge in [-0.3, -0.25) is 4.99 Å².